The molecule has 1 amide bonds. The van der Waals surface area contributed by atoms with Gasteiger partial charge in [0.05, 0.1) is 24.9 Å². The molecule has 0 bridgehead atoms. The van der Waals surface area contributed by atoms with Crippen LogP contribution < -0.4 is 10.1 Å². The van der Waals surface area contributed by atoms with Crippen LogP contribution in [0.4, 0.5) is 10.1 Å². The van der Waals surface area contributed by atoms with E-state index in [1.54, 1.807) is 0 Å². The third-order valence-corrected chi connectivity index (χ3v) is 4.49. The van der Waals surface area contributed by atoms with Gasteiger partial charge in [-0.05, 0) is 24.5 Å². The number of phenolic OH excluding ortho intramolecular Hbond substituents is 3. The summed E-state index contributed by atoms with van der Waals surface area (Å²) >= 11 is 6.03. The summed E-state index contributed by atoms with van der Waals surface area (Å²) < 4.78 is 23.3. The summed E-state index contributed by atoms with van der Waals surface area (Å²) in [6.45, 7) is 0. The number of ether oxygens (including phenoxy) is 2. The third-order valence-electron chi connectivity index (χ3n) is 4.07. The van der Waals surface area contributed by atoms with Gasteiger partial charge < -0.3 is 30.1 Å². The lowest BCUT2D eigenvalue weighted by atomic mass is 10.0. The molecule has 0 heterocycles. The van der Waals surface area contributed by atoms with Gasteiger partial charge in [0.2, 0.25) is 5.91 Å². The van der Waals surface area contributed by atoms with Gasteiger partial charge in [-0.15, -0.1) is 0 Å². The van der Waals surface area contributed by atoms with Crippen molar-refractivity contribution in [3.8, 4) is 23.0 Å². The summed E-state index contributed by atoms with van der Waals surface area (Å²) in [6.07, 6.45) is 2.83. The Morgan fingerprint density at radius 3 is 2.47 bits per heavy atom. The maximum Gasteiger partial charge on any atom is 0.341 e. The highest BCUT2D eigenvalue weighted by Crippen LogP contribution is 2.37. The van der Waals surface area contributed by atoms with Gasteiger partial charge in [-0.1, -0.05) is 17.7 Å². The molecule has 0 aliphatic carbocycles. The van der Waals surface area contributed by atoms with Crippen molar-refractivity contribution in [1.82, 2.24) is 0 Å². The number of rotatable bonds is 7. The van der Waals surface area contributed by atoms with E-state index in [0.717, 1.165) is 31.4 Å². The molecule has 160 valence electrons. The second kappa shape index (κ2) is 9.84. The molecule has 2 aromatic carbocycles. The molecule has 0 radical (unpaired) electrons. The minimum atomic E-state index is -0.832. The number of carbonyl (C=O) groups excluding carboxylic acids is 2. The highest BCUT2D eigenvalue weighted by Gasteiger charge is 2.22. The van der Waals surface area contributed by atoms with Crippen LogP contribution in [0.1, 0.15) is 22.3 Å². The van der Waals surface area contributed by atoms with E-state index in [-0.39, 0.29) is 46.2 Å². The summed E-state index contributed by atoms with van der Waals surface area (Å²) in [5.74, 6) is -3.61. The Morgan fingerprint density at radius 2 is 1.83 bits per heavy atom. The molecule has 0 aromatic heterocycles. The topological polar surface area (TPSA) is 125 Å². The average Bonchev–Trinajstić information content (AvgIpc) is 2.70. The fourth-order valence-electron chi connectivity index (χ4n) is 2.64. The molecule has 0 saturated carbocycles. The molecule has 0 spiro atoms. The van der Waals surface area contributed by atoms with Crippen LogP contribution in [-0.2, 0) is 16.0 Å². The van der Waals surface area contributed by atoms with E-state index in [2.05, 4.69) is 10.1 Å². The molecule has 2 aromatic rings. The molecule has 0 saturated heterocycles. The summed E-state index contributed by atoms with van der Waals surface area (Å²) in [5, 5.41) is 31.5. The molecule has 0 fully saturated rings. The van der Waals surface area contributed by atoms with E-state index in [4.69, 9.17) is 16.3 Å². The second-order valence-corrected chi connectivity index (χ2v) is 6.39. The molecule has 0 aliphatic rings. The minimum absolute atomic E-state index is 0.0753. The minimum Gasteiger partial charge on any atom is -0.507 e. The molecule has 0 atom stereocenters. The Kier molecular flexibility index (Phi) is 7.48. The molecule has 4 N–H and O–H groups in total. The number of aromatic hydroxyl groups is 3. The van der Waals surface area contributed by atoms with Gasteiger partial charge in [-0.2, -0.15) is 0 Å². The zero-order valence-corrected chi connectivity index (χ0v) is 16.8. The van der Waals surface area contributed by atoms with Crippen molar-refractivity contribution in [1.29, 1.82) is 0 Å². The predicted molar refractivity (Wildman–Crippen MR) is 107 cm³/mol. The van der Waals surface area contributed by atoms with Crippen LogP contribution in [0.15, 0.2) is 30.4 Å². The van der Waals surface area contributed by atoms with Crippen molar-refractivity contribution in [2.24, 2.45) is 0 Å². The van der Waals surface area contributed by atoms with Crippen molar-refractivity contribution in [2.75, 3.05) is 19.5 Å². The second-order valence-electron chi connectivity index (χ2n) is 6.01. The van der Waals surface area contributed by atoms with Crippen LogP contribution in [0.3, 0.4) is 0 Å². The first-order valence-electron chi connectivity index (χ1n) is 8.55. The van der Waals surface area contributed by atoms with Crippen LogP contribution in [0.2, 0.25) is 5.02 Å². The molecule has 2 rings (SSSR count). The average molecular weight is 440 g/mol. The largest absolute Gasteiger partial charge is 0.507 e. The van der Waals surface area contributed by atoms with E-state index < -0.39 is 29.2 Å². The highest BCUT2D eigenvalue weighted by molar-refractivity contribution is 6.33. The normalized spacial score (nSPS) is 10.8. The van der Waals surface area contributed by atoms with Crippen LogP contribution in [0.25, 0.3) is 0 Å². The molecule has 8 nitrogen and oxygen atoms in total. The number of allylic oxidation sites excluding steroid dienone is 1. The number of benzene rings is 2. The lowest BCUT2D eigenvalue weighted by Gasteiger charge is -2.12. The number of carbonyl (C=O) groups is 2. The monoisotopic (exact) mass is 439 g/mol. The third kappa shape index (κ3) is 5.12. The van der Waals surface area contributed by atoms with Crippen LogP contribution in [0, 0.1) is 5.82 Å². The number of esters is 1. The van der Waals surface area contributed by atoms with Crippen molar-refractivity contribution in [2.45, 2.75) is 12.8 Å². The van der Waals surface area contributed by atoms with Gasteiger partial charge in [-0.3, -0.25) is 4.79 Å². The van der Waals surface area contributed by atoms with Gasteiger partial charge in [0.1, 0.15) is 17.1 Å². The zero-order chi connectivity index (χ0) is 22.4. The van der Waals surface area contributed by atoms with E-state index in [1.165, 1.54) is 13.2 Å². The first-order chi connectivity index (χ1) is 14.2. The van der Waals surface area contributed by atoms with E-state index in [1.807, 2.05) is 0 Å². The highest BCUT2D eigenvalue weighted by atomic mass is 35.5. The molecular weight excluding hydrogens is 421 g/mol. The molecule has 0 aliphatic heterocycles. The first kappa shape index (κ1) is 22.8. The van der Waals surface area contributed by atoms with Gasteiger partial charge >= 0.3 is 5.97 Å². The van der Waals surface area contributed by atoms with Crippen LogP contribution >= 0.6 is 11.6 Å². The van der Waals surface area contributed by atoms with Gasteiger partial charge in [0.25, 0.3) is 0 Å². The Labute approximate surface area is 176 Å². The fourth-order valence-corrected chi connectivity index (χ4v) is 2.89. The van der Waals surface area contributed by atoms with E-state index in [0.29, 0.717) is 0 Å². The van der Waals surface area contributed by atoms with Gasteiger partial charge in [-0.25, -0.2) is 9.18 Å². The number of amides is 1. The Morgan fingerprint density at radius 1 is 1.13 bits per heavy atom. The zero-order valence-electron chi connectivity index (χ0n) is 16.0. The molecule has 0 unspecified atom stereocenters. The summed E-state index contributed by atoms with van der Waals surface area (Å²) in [4.78, 5) is 23.9. The fraction of sp³-hybridized carbons (Fsp3) is 0.200. The smallest absolute Gasteiger partial charge is 0.341 e. The Hall–Kier alpha value is -3.46. The van der Waals surface area contributed by atoms with Crippen molar-refractivity contribution in [3.63, 3.8) is 0 Å². The predicted octanol–water partition coefficient (Wildman–Crippen LogP) is 3.52. The molecule has 10 heteroatoms. The van der Waals surface area contributed by atoms with Crippen LogP contribution in [0.5, 0.6) is 23.0 Å². The molecular formula is C20H19ClFNO7. The summed E-state index contributed by atoms with van der Waals surface area (Å²) in [7, 11) is 2.40. The van der Waals surface area contributed by atoms with Gasteiger partial charge in [0, 0.05) is 18.2 Å². The summed E-state index contributed by atoms with van der Waals surface area (Å²) in [5.41, 5.74) is -0.275. The van der Waals surface area contributed by atoms with Crippen molar-refractivity contribution in [3.05, 3.63) is 52.3 Å². The number of phenols is 3. The number of halogens is 2. The number of anilines is 1. The lowest BCUT2D eigenvalue weighted by Crippen LogP contribution is -2.10. The maximum absolute atomic E-state index is 13.9. The number of hydrogen-bond donors (Lipinski definition) is 4. The van der Waals surface area contributed by atoms with E-state index >= 15 is 0 Å². The van der Waals surface area contributed by atoms with Crippen molar-refractivity contribution < 1.29 is 38.8 Å². The van der Waals surface area contributed by atoms with Crippen molar-refractivity contribution >= 4 is 29.2 Å². The maximum atomic E-state index is 13.9. The number of nitrogens with one attached hydrogen (secondary N) is 1. The Balaban J connectivity index is 2.10. The quantitative estimate of drug-likeness (QED) is 0.384. The van der Waals surface area contributed by atoms with Crippen LogP contribution in [-0.4, -0.2) is 41.4 Å². The number of hydrogen-bond acceptors (Lipinski definition) is 7. The standard InChI is InChI=1S/C20H19ClFNO7/c1-29-16-7-11(22)12(8-13(16)24)23-17(27)6-4-3-5-10-18(20(28)30-2)14(25)9-15(26)19(10)21/h4,6-9,24-26H,3,5H2,1-2H3,(H,23,27)/b6-4-. The SMILES string of the molecule is COC(=O)c1c(O)cc(O)c(Cl)c1CC/C=C\C(=O)Nc1cc(O)c(OC)cc1F. The molecule has 30 heavy (non-hydrogen) atoms. The first-order valence-corrected chi connectivity index (χ1v) is 8.93. The summed E-state index contributed by atoms with van der Waals surface area (Å²) in [6, 6.07) is 2.87. The van der Waals surface area contributed by atoms with Gasteiger partial charge in [0.15, 0.2) is 17.3 Å². The Bertz CT molecular complexity index is 1010. The lowest BCUT2D eigenvalue weighted by molar-refractivity contribution is -0.111. The number of methoxy groups -OCH3 is 2. The van der Waals surface area contributed by atoms with E-state index in [9.17, 15) is 29.3 Å².